The normalized spacial score (nSPS) is 10.8. The van der Waals surface area contributed by atoms with Crippen molar-refractivity contribution < 1.29 is 33.6 Å². The predicted octanol–water partition coefficient (Wildman–Crippen LogP) is 0.646. The van der Waals surface area contributed by atoms with Crippen LogP contribution in [0.25, 0.3) is 11.2 Å². The van der Waals surface area contributed by atoms with Crippen molar-refractivity contribution in [3.05, 3.63) is 41.7 Å². The quantitative estimate of drug-likeness (QED) is 0.0831. The molecule has 2 amide bonds. The van der Waals surface area contributed by atoms with Gasteiger partial charge in [0.25, 0.3) is 5.91 Å². The molecule has 6 N–H and O–H groups in total. The average molecular weight is 611 g/mol. The zero-order valence-corrected chi connectivity index (χ0v) is 24.4. The molecule has 3 aromatic rings. The van der Waals surface area contributed by atoms with Crippen LogP contribution >= 0.6 is 0 Å². The summed E-state index contributed by atoms with van der Waals surface area (Å²) in [5, 5.41) is 18.7. The van der Waals surface area contributed by atoms with Crippen LogP contribution in [0.4, 0.5) is 11.6 Å². The number of aromatic hydroxyl groups is 1. The number of carbonyl (C=O) groups is 2. The van der Waals surface area contributed by atoms with Crippen molar-refractivity contribution in [3.8, 4) is 18.2 Å². The van der Waals surface area contributed by atoms with Gasteiger partial charge >= 0.3 is 0 Å². The summed E-state index contributed by atoms with van der Waals surface area (Å²) in [5.74, 6) is 1.62. The van der Waals surface area contributed by atoms with E-state index in [1.165, 1.54) is 6.20 Å². The molecule has 0 unspecified atom stereocenters. The van der Waals surface area contributed by atoms with Crippen LogP contribution in [-0.4, -0.2) is 103 Å². The molecule has 0 saturated heterocycles. The van der Waals surface area contributed by atoms with Crippen LogP contribution in [0.3, 0.4) is 0 Å². The summed E-state index contributed by atoms with van der Waals surface area (Å²) < 4.78 is 21.2. The lowest BCUT2D eigenvalue weighted by Crippen LogP contribution is -2.29. The highest BCUT2D eigenvalue weighted by atomic mass is 16.6. The molecule has 1 aromatic carbocycles. The standard InChI is InChI=1S/C29H38N8O7/c1-2-11-41-13-15-43-17-18-44-16-14-42-12-10-31-24(38)4-3-9-32-27(39)21-5-7-22(8-6-21)33-19-23-20-34-26-25(35-23)28(40)37-29(30)36-26/h1,5-8,20,33H,3-4,9-19H2,(H,31,38)(H,32,39)(H3,30,34,36,37,40). The highest BCUT2D eigenvalue weighted by Gasteiger charge is 2.10. The Hall–Kier alpha value is -4.62. The number of terminal acetylenes is 1. The molecule has 0 atom stereocenters. The van der Waals surface area contributed by atoms with Crippen molar-refractivity contribution in [1.29, 1.82) is 0 Å². The molecule has 0 aliphatic rings. The first-order valence-corrected chi connectivity index (χ1v) is 14.1. The third kappa shape index (κ3) is 12.7. The molecule has 3 rings (SSSR count). The number of hydrogen-bond donors (Lipinski definition) is 5. The van der Waals surface area contributed by atoms with Gasteiger partial charge in [-0.25, -0.2) is 9.97 Å². The van der Waals surface area contributed by atoms with E-state index in [2.05, 4.69) is 41.8 Å². The average Bonchev–Trinajstić information content (AvgIpc) is 3.02. The Morgan fingerprint density at radius 1 is 0.886 bits per heavy atom. The summed E-state index contributed by atoms with van der Waals surface area (Å²) in [6, 6.07) is 6.92. The molecule has 0 spiro atoms. The second-order valence-electron chi connectivity index (χ2n) is 9.17. The van der Waals surface area contributed by atoms with Crippen LogP contribution in [0.1, 0.15) is 28.9 Å². The molecular weight excluding hydrogens is 572 g/mol. The lowest BCUT2D eigenvalue weighted by Gasteiger charge is -2.09. The molecule has 2 aromatic heterocycles. The van der Waals surface area contributed by atoms with E-state index in [4.69, 9.17) is 31.1 Å². The molecule has 0 radical (unpaired) electrons. The largest absolute Gasteiger partial charge is 0.492 e. The first-order valence-electron chi connectivity index (χ1n) is 14.1. The first kappa shape index (κ1) is 33.9. The van der Waals surface area contributed by atoms with E-state index in [1.807, 2.05) is 0 Å². The number of nitrogens with zero attached hydrogens (tertiary/aromatic N) is 4. The number of amides is 2. The zero-order chi connectivity index (χ0) is 31.4. The summed E-state index contributed by atoms with van der Waals surface area (Å²) in [6.45, 7) is 4.43. The van der Waals surface area contributed by atoms with Crippen molar-refractivity contribution in [2.75, 3.05) is 77.0 Å². The number of carbonyl (C=O) groups excluding carboxylic acids is 2. The zero-order valence-electron chi connectivity index (χ0n) is 24.4. The second kappa shape index (κ2) is 19.5. The number of nitrogens with one attached hydrogen (secondary N) is 3. The third-order valence-corrected chi connectivity index (χ3v) is 5.81. The van der Waals surface area contributed by atoms with Crippen LogP contribution in [0.2, 0.25) is 0 Å². The number of fused-ring (bicyclic) bond motifs is 1. The molecule has 236 valence electrons. The number of nitrogen functional groups attached to an aromatic ring is 1. The Bertz CT molecular complexity index is 1370. The molecule has 0 aliphatic carbocycles. The third-order valence-electron chi connectivity index (χ3n) is 5.81. The Morgan fingerprint density at radius 3 is 2.27 bits per heavy atom. The molecule has 44 heavy (non-hydrogen) atoms. The van der Waals surface area contributed by atoms with Gasteiger partial charge in [0.15, 0.2) is 11.2 Å². The van der Waals surface area contributed by atoms with Crippen LogP contribution in [0, 0.1) is 12.3 Å². The van der Waals surface area contributed by atoms with Crippen LogP contribution in [0.15, 0.2) is 30.5 Å². The fourth-order valence-electron chi connectivity index (χ4n) is 3.66. The fourth-order valence-corrected chi connectivity index (χ4v) is 3.66. The summed E-state index contributed by atoms with van der Waals surface area (Å²) in [5.41, 5.74) is 7.68. The maximum absolute atomic E-state index is 12.4. The van der Waals surface area contributed by atoms with Gasteiger partial charge in [-0.2, -0.15) is 9.97 Å². The SMILES string of the molecule is C#CCOCCOCCOCCOCCNC(=O)CCCNC(=O)c1ccc(NCc2cnc3nc(N)nc(O)c3n2)cc1. The van der Waals surface area contributed by atoms with Gasteiger partial charge in [-0.1, -0.05) is 5.92 Å². The van der Waals surface area contributed by atoms with Gasteiger partial charge in [-0.3, -0.25) is 9.59 Å². The van der Waals surface area contributed by atoms with Gasteiger partial charge in [0.05, 0.1) is 64.7 Å². The minimum absolute atomic E-state index is 0.0839. The van der Waals surface area contributed by atoms with Crippen LogP contribution in [0.5, 0.6) is 5.88 Å². The van der Waals surface area contributed by atoms with Gasteiger partial charge in [0.1, 0.15) is 6.61 Å². The fraction of sp³-hybridized carbons (Fsp3) is 0.448. The Balaban J connectivity index is 1.19. The summed E-state index contributed by atoms with van der Waals surface area (Å²) >= 11 is 0. The van der Waals surface area contributed by atoms with Gasteiger partial charge in [-0.15, -0.1) is 6.42 Å². The highest BCUT2D eigenvalue weighted by molar-refractivity contribution is 5.94. The van der Waals surface area contributed by atoms with E-state index in [9.17, 15) is 14.7 Å². The van der Waals surface area contributed by atoms with E-state index in [0.717, 1.165) is 5.69 Å². The van der Waals surface area contributed by atoms with E-state index in [1.54, 1.807) is 24.3 Å². The summed E-state index contributed by atoms with van der Waals surface area (Å²) in [4.78, 5) is 40.5. The van der Waals surface area contributed by atoms with Crippen molar-refractivity contribution >= 4 is 34.6 Å². The van der Waals surface area contributed by atoms with Crippen molar-refractivity contribution in [3.63, 3.8) is 0 Å². The number of aromatic nitrogens is 4. The molecule has 0 fully saturated rings. The Labute approximate surface area is 255 Å². The van der Waals surface area contributed by atoms with E-state index in [0.29, 0.717) is 83.6 Å². The topological polar surface area (TPSA) is 205 Å². The smallest absolute Gasteiger partial charge is 0.251 e. The number of rotatable bonds is 21. The van der Waals surface area contributed by atoms with Gasteiger partial charge in [0.2, 0.25) is 17.7 Å². The number of hydrogen-bond acceptors (Lipinski definition) is 13. The van der Waals surface area contributed by atoms with Crippen molar-refractivity contribution in [1.82, 2.24) is 30.6 Å². The van der Waals surface area contributed by atoms with Crippen molar-refractivity contribution in [2.24, 2.45) is 0 Å². The minimum Gasteiger partial charge on any atom is -0.492 e. The molecule has 2 heterocycles. The van der Waals surface area contributed by atoms with Crippen molar-refractivity contribution in [2.45, 2.75) is 19.4 Å². The Morgan fingerprint density at radius 2 is 1.57 bits per heavy atom. The number of ether oxygens (including phenoxy) is 4. The van der Waals surface area contributed by atoms with E-state index in [-0.39, 0.29) is 47.8 Å². The lowest BCUT2D eigenvalue weighted by molar-refractivity contribution is -0.121. The van der Waals surface area contributed by atoms with Gasteiger partial charge < -0.3 is 45.7 Å². The number of benzene rings is 1. The number of nitrogens with two attached hydrogens (primary N) is 1. The highest BCUT2D eigenvalue weighted by Crippen LogP contribution is 2.19. The maximum Gasteiger partial charge on any atom is 0.251 e. The minimum atomic E-state index is -0.334. The molecule has 0 saturated carbocycles. The molecular formula is C29H38N8O7. The molecule has 15 heteroatoms. The Kier molecular flexibility index (Phi) is 15.0. The summed E-state index contributed by atoms with van der Waals surface area (Å²) in [7, 11) is 0. The second-order valence-corrected chi connectivity index (χ2v) is 9.17. The van der Waals surface area contributed by atoms with Gasteiger partial charge in [0, 0.05) is 30.8 Å². The van der Waals surface area contributed by atoms with E-state index < -0.39 is 0 Å². The molecule has 15 nitrogen and oxygen atoms in total. The van der Waals surface area contributed by atoms with E-state index >= 15 is 0 Å². The predicted molar refractivity (Wildman–Crippen MR) is 162 cm³/mol. The summed E-state index contributed by atoms with van der Waals surface area (Å²) in [6.07, 6.45) is 7.39. The number of anilines is 2. The first-order chi connectivity index (χ1) is 21.5. The van der Waals surface area contributed by atoms with Gasteiger partial charge in [-0.05, 0) is 30.7 Å². The van der Waals surface area contributed by atoms with Crippen LogP contribution in [-0.2, 0) is 30.3 Å². The lowest BCUT2D eigenvalue weighted by atomic mass is 10.2. The molecule has 0 aliphatic heterocycles. The van der Waals surface area contributed by atoms with Crippen LogP contribution < -0.4 is 21.7 Å². The molecule has 0 bridgehead atoms. The monoisotopic (exact) mass is 610 g/mol. The maximum atomic E-state index is 12.4.